The standard InChI is InChI=1S/C8H11ClN2O2/c1-5-3-7(11-13-5)4-10-8(12)6(2)9/h3,6H,4H2,1-2H3,(H,10,12). The van der Waals surface area contributed by atoms with Crippen molar-refractivity contribution in [3.05, 3.63) is 17.5 Å². The second-order valence-electron chi connectivity index (χ2n) is 2.76. The number of aromatic nitrogens is 1. The van der Waals surface area contributed by atoms with E-state index < -0.39 is 5.38 Å². The molecule has 0 aliphatic carbocycles. The van der Waals surface area contributed by atoms with E-state index in [1.54, 1.807) is 19.9 Å². The SMILES string of the molecule is Cc1cc(CNC(=O)C(C)Cl)no1. The van der Waals surface area contributed by atoms with E-state index in [2.05, 4.69) is 10.5 Å². The van der Waals surface area contributed by atoms with Gasteiger partial charge in [-0.15, -0.1) is 11.6 Å². The largest absolute Gasteiger partial charge is 0.361 e. The monoisotopic (exact) mass is 202 g/mol. The molecule has 1 N–H and O–H groups in total. The van der Waals surface area contributed by atoms with Crippen molar-refractivity contribution in [2.24, 2.45) is 0 Å². The van der Waals surface area contributed by atoms with Crippen molar-refractivity contribution in [1.82, 2.24) is 10.5 Å². The highest BCUT2D eigenvalue weighted by Gasteiger charge is 2.09. The lowest BCUT2D eigenvalue weighted by Gasteiger charge is -2.02. The average molecular weight is 203 g/mol. The normalized spacial score (nSPS) is 12.5. The molecule has 1 aromatic rings. The summed E-state index contributed by atoms with van der Waals surface area (Å²) in [5.74, 6) is 0.519. The lowest BCUT2D eigenvalue weighted by Crippen LogP contribution is -2.29. The summed E-state index contributed by atoms with van der Waals surface area (Å²) in [4.78, 5) is 11.0. The van der Waals surface area contributed by atoms with Crippen LogP contribution in [0.25, 0.3) is 0 Å². The molecule has 1 unspecified atom stereocenters. The van der Waals surface area contributed by atoms with Crippen LogP contribution in [0.3, 0.4) is 0 Å². The first kappa shape index (κ1) is 10.1. The zero-order valence-corrected chi connectivity index (χ0v) is 8.26. The van der Waals surface area contributed by atoms with E-state index in [0.29, 0.717) is 12.2 Å². The molecule has 0 saturated carbocycles. The van der Waals surface area contributed by atoms with Gasteiger partial charge in [0.05, 0.1) is 6.54 Å². The van der Waals surface area contributed by atoms with E-state index in [1.165, 1.54) is 0 Å². The number of carbonyl (C=O) groups is 1. The zero-order valence-electron chi connectivity index (χ0n) is 7.50. The minimum absolute atomic E-state index is 0.206. The number of hydrogen-bond donors (Lipinski definition) is 1. The third-order valence-electron chi connectivity index (χ3n) is 1.48. The Labute approximate surface area is 81.2 Å². The quantitative estimate of drug-likeness (QED) is 0.750. The van der Waals surface area contributed by atoms with Crippen molar-refractivity contribution in [3.63, 3.8) is 0 Å². The predicted molar refractivity (Wildman–Crippen MR) is 48.4 cm³/mol. The zero-order chi connectivity index (χ0) is 9.84. The lowest BCUT2D eigenvalue weighted by molar-refractivity contribution is -0.120. The van der Waals surface area contributed by atoms with Crippen LogP contribution in [0.5, 0.6) is 0 Å². The van der Waals surface area contributed by atoms with Gasteiger partial charge in [-0.2, -0.15) is 0 Å². The van der Waals surface area contributed by atoms with Gasteiger partial charge in [0.15, 0.2) is 0 Å². The Balaban J connectivity index is 2.39. The van der Waals surface area contributed by atoms with Gasteiger partial charge in [-0.25, -0.2) is 0 Å². The van der Waals surface area contributed by atoms with Gasteiger partial charge in [-0.3, -0.25) is 4.79 Å². The van der Waals surface area contributed by atoms with Crippen LogP contribution in [0.1, 0.15) is 18.4 Å². The fourth-order valence-corrected chi connectivity index (χ4v) is 0.897. The summed E-state index contributed by atoms with van der Waals surface area (Å²) in [5.41, 5.74) is 0.697. The molecule has 0 aromatic carbocycles. The fraction of sp³-hybridized carbons (Fsp3) is 0.500. The third kappa shape index (κ3) is 3.06. The first-order valence-corrected chi connectivity index (χ1v) is 4.37. The van der Waals surface area contributed by atoms with Crippen molar-refractivity contribution < 1.29 is 9.32 Å². The van der Waals surface area contributed by atoms with Gasteiger partial charge in [0.1, 0.15) is 16.8 Å². The summed E-state index contributed by atoms with van der Waals surface area (Å²) in [5, 5.41) is 5.81. The van der Waals surface area contributed by atoms with Gasteiger partial charge in [-0.05, 0) is 13.8 Å². The van der Waals surface area contributed by atoms with E-state index in [0.717, 1.165) is 5.76 Å². The molecule has 0 aliphatic heterocycles. The highest BCUT2D eigenvalue weighted by atomic mass is 35.5. The molecule has 0 bridgehead atoms. The lowest BCUT2D eigenvalue weighted by atomic mass is 10.3. The molecule has 0 radical (unpaired) electrons. The molecule has 1 amide bonds. The van der Waals surface area contributed by atoms with Crippen molar-refractivity contribution in [3.8, 4) is 0 Å². The number of amides is 1. The summed E-state index contributed by atoms with van der Waals surface area (Å²) in [7, 11) is 0. The Morgan fingerprint density at radius 2 is 2.54 bits per heavy atom. The first-order chi connectivity index (χ1) is 6.09. The molecule has 0 aliphatic rings. The van der Waals surface area contributed by atoms with Crippen LogP contribution in [0, 0.1) is 6.92 Å². The maximum absolute atomic E-state index is 11.0. The van der Waals surface area contributed by atoms with Crippen LogP contribution in [-0.4, -0.2) is 16.4 Å². The fourth-order valence-electron chi connectivity index (χ4n) is 0.820. The minimum Gasteiger partial charge on any atom is -0.361 e. The van der Waals surface area contributed by atoms with Crippen LogP contribution in [0.15, 0.2) is 10.6 Å². The highest BCUT2D eigenvalue weighted by molar-refractivity contribution is 6.30. The predicted octanol–water partition coefficient (Wildman–Crippen LogP) is 1.23. The van der Waals surface area contributed by atoms with E-state index in [4.69, 9.17) is 16.1 Å². The Morgan fingerprint density at radius 3 is 3.00 bits per heavy atom. The molecule has 4 nitrogen and oxygen atoms in total. The van der Waals surface area contributed by atoms with Gasteiger partial charge in [-0.1, -0.05) is 5.16 Å². The Hall–Kier alpha value is -1.03. The van der Waals surface area contributed by atoms with E-state index >= 15 is 0 Å². The molecule has 0 fully saturated rings. The molecule has 0 saturated heterocycles. The molecule has 72 valence electrons. The topological polar surface area (TPSA) is 55.1 Å². The Bertz CT molecular complexity index is 296. The second kappa shape index (κ2) is 4.28. The van der Waals surface area contributed by atoms with Crippen LogP contribution in [0.4, 0.5) is 0 Å². The van der Waals surface area contributed by atoms with E-state index in [1.807, 2.05) is 0 Å². The third-order valence-corrected chi connectivity index (χ3v) is 1.68. The number of carbonyl (C=O) groups excluding carboxylic acids is 1. The van der Waals surface area contributed by atoms with E-state index in [-0.39, 0.29) is 5.91 Å². The molecule has 13 heavy (non-hydrogen) atoms. The van der Waals surface area contributed by atoms with E-state index in [9.17, 15) is 4.79 Å². The summed E-state index contributed by atoms with van der Waals surface area (Å²) < 4.78 is 4.82. The average Bonchev–Trinajstić information content (AvgIpc) is 2.47. The maximum atomic E-state index is 11.0. The number of hydrogen-bond acceptors (Lipinski definition) is 3. The summed E-state index contributed by atoms with van der Waals surface area (Å²) in [6.07, 6.45) is 0. The van der Waals surface area contributed by atoms with Crippen molar-refractivity contribution in [2.75, 3.05) is 0 Å². The molecule has 1 rings (SSSR count). The summed E-state index contributed by atoms with van der Waals surface area (Å²) >= 11 is 5.54. The van der Waals surface area contributed by atoms with Crippen molar-refractivity contribution in [2.45, 2.75) is 25.8 Å². The summed E-state index contributed by atoms with van der Waals surface area (Å²) in [6.45, 7) is 3.76. The number of rotatable bonds is 3. The first-order valence-electron chi connectivity index (χ1n) is 3.93. The molecular formula is C8H11ClN2O2. The molecule has 1 atom stereocenters. The van der Waals surface area contributed by atoms with Crippen molar-refractivity contribution >= 4 is 17.5 Å². The number of alkyl halides is 1. The van der Waals surface area contributed by atoms with Gasteiger partial charge in [0, 0.05) is 6.07 Å². The molecule has 0 spiro atoms. The van der Waals surface area contributed by atoms with Crippen LogP contribution in [0.2, 0.25) is 0 Å². The maximum Gasteiger partial charge on any atom is 0.238 e. The van der Waals surface area contributed by atoms with Gasteiger partial charge in [0.25, 0.3) is 0 Å². The molecule has 1 aromatic heterocycles. The number of nitrogens with one attached hydrogen (secondary N) is 1. The number of nitrogens with zero attached hydrogens (tertiary/aromatic N) is 1. The highest BCUT2D eigenvalue weighted by Crippen LogP contribution is 2.01. The smallest absolute Gasteiger partial charge is 0.238 e. The molecule has 5 heteroatoms. The Morgan fingerprint density at radius 1 is 1.85 bits per heavy atom. The molecular weight excluding hydrogens is 192 g/mol. The van der Waals surface area contributed by atoms with Gasteiger partial charge in [0.2, 0.25) is 5.91 Å². The number of aryl methyl sites for hydroxylation is 1. The summed E-state index contributed by atoms with van der Waals surface area (Å²) in [6, 6.07) is 1.76. The number of halogens is 1. The van der Waals surface area contributed by atoms with Crippen LogP contribution in [-0.2, 0) is 11.3 Å². The van der Waals surface area contributed by atoms with Gasteiger partial charge >= 0.3 is 0 Å². The van der Waals surface area contributed by atoms with Crippen molar-refractivity contribution in [1.29, 1.82) is 0 Å². The van der Waals surface area contributed by atoms with Crippen LogP contribution < -0.4 is 5.32 Å². The van der Waals surface area contributed by atoms with Crippen LogP contribution >= 0.6 is 11.6 Å². The molecule has 1 heterocycles. The Kier molecular flexibility index (Phi) is 3.31. The van der Waals surface area contributed by atoms with Gasteiger partial charge < -0.3 is 9.84 Å². The minimum atomic E-state index is -0.520. The second-order valence-corrected chi connectivity index (χ2v) is 3.42.